The predicted octanol–water partition coefficient (Wildman–Crippen LogP) is 3.71. The largest absolute Gasteiger partial charge is 0.371 e. The Morgan fingerprint density at radius 3 is 2.67 bits per heavy atom. The van der Waals surface area contributed by atoms with E-state index in [1.807, 2.05) is 0 Å². The van der Waals surface area contributed by atoms with Gasteiger partial charge < -0.3 is 5.32 Å². The summed E-state index contributed by atoms with van der Waals surface area (Å²) in [4.78, 5) is 7.95. The zero-order chi connectivity index (χ0) is 13.1. The third kappa shape index (κ3) is 2.97. The first-order valence-electron chi connectivity index (χ1n) is 4.93. The smallest absolute Gasteiger partial charge is 0.168 e. The minimum atomic E-state index is -0.719. The van der Waals surface area contributed by atoms with E-state index in [1.54, 1.807) is 18.3 Å². The van der Waals surface area contributed by atoms with E-state index in [0.717, 1.165) is 22.3 Å². The van der Waals surface area contributed by atoms with Crippen LogP contribution in [-0.4, -0.2) is 17.0 Å². The van der Waals surface area contributed by atoms with Gasteiger partial charge in [-0.1, -0.05) is 0 Å². The van der Waals surface area contributed by atoms with Gasteiger partial charge in [-0.05, 0) is 39.8 Å². The highest BCUT2D eigenvalue weighted by Crippen LogP contribution is 2.29. The molecule has 0 bridgehead atoms. The SMILES string of the molecule is CNc1nc(Sc2ccc(Br)cn2)c(F)cc1F. The van der Waals surface area contributed by atoms with E-state index in [-0.39, 0.29) is 10.8 Å². The molecule has 0 atom stereocenters. The van der Waals surface area contributed by atoms with E-state index in [2.05, 4.69) is 31.2 Å². The molecule has 1 N–H and O–H groups in total. The van der Waals surface area contributed by atoms with Gasteiger partial charge in [0, 0.05) is 23.8 Å². The summed E-state index contributed by atoms with van der Waals surface area (Å²) in [5.41, 5.74) is 0. The van der Waals surface area contributed by atoms with Gasteiger partial charge in [-0.25, -0.2) is 18.7 Å². The van der Waals surface area contributed by atoms with Crippen LogP contribution in [0.25, 0.3) is 0 Å². The van der Waals surface area contributed by atoms with Crippen LogP contribution in [0.4, 0.5) is 14.6 Å². The predicted molar refractivity (Wildman–Crippen MR) is 69.8 cm³/mol. The van der Waals surface area contributed by atoms with Gasteiger partial charge in [-0.3, -0.25) is 0 Å². The zero-order valence-electron chi connectivity index (χ0n) is 9.25. The van der Waals surface area contributed by atoms with Crippen molar-refractivity contribution in [2.75, 3.05) is 12.4 Å². The first-order valence-corrected chi connectivity index (χ1v) is 6.54. The van der Waals surface area contributed by atoms with Gasteiger partial charge in [0.15, 0.2) is 17.5 Å². The number of rotatable bonds is 3. The number of aromatic nitrogens is 2. The Morgan fingerprint density at radius 2 is 2.06 bits per heavy atom. The summed E-state index contributed by atoms with van der Waals surface area (Å²) < 4.78 is 27.6. The first kappa shape index (κ1) is 13.2. The summed E-state index contributed by atoms with van der Waals surface area (Å²) in [6.45, 7) is 0. The Morgan fingerprint density at radius 1 is 1.28 bits per heavy atom. The molecular formula is C11H8BrF2N3S. The Labute approximate surface area is 115 Å². The average molecular weight is 332 g/mol. The lowest BCUT2D eigenvalue weighted by molar-refractivity contribution is 0.551. The lowest BCUT2D eigenvalue weighted by Gasteiger charge is -2.06. The van der Waals surface area contributed by atoms with Gasteiger partial charge in [0.05, 0.1) is 0 Å². The molecule has 2 aromatic heterocycles. The molecule has 18 heavy (non-hydrogen) atoms. The maximum Gasteiger partial charge on any atom is 0.168 e. The molecule has 0 amide bonds. The number of halogens is 3. The molecule has 0 aliphatic heterocycles. The zero-order valence-corrected chi connectivity index (χ0v) is 11.6. The topological polar surface area (TPSA) is 37.8 Å². The van der Waals surface area contributed by atoms with E-state index in [4.69, 9.17) is 0 Å². The van der Waals surface area contributed by atoms with Crippen LogP contribution in [0, 0.1) is 11.6 Å². The fourth-order valence-corrected chi connectivity index (χ4v) is 2.19. The number of anilines is 1. The van der Waals surface area contributed by atoms with Crippen molar-refractivity contribution in [3.8, 4) is 0 Å². The summed E-state index contributed by atoms with van der Waals surface area (Å²) >= 11 is 4.29. The molecule has 0 radical (unpaired) electrons. The second kappa shape index (κ2) is 5.62. The van der Waals surface area contributed by atoms with E-state index in [9.17, 15) is 8.78 Å². The van der Waals surface area contributed by atoms with Crippen molar-refractivity contribution < 1.29 is 8.78 Å². The Kier molecular flexibility index (Phi) is 4.13. The van der Waals surface area contributed by atoms with Crippen LogP contribution in [-0.2, 0) is 0 Å². The fraction of sp³-hybridized carbons (Fsp3) is 0.0909. The van der Waals surface area contributed by atoms with E-state index < -0.39 is 11.6 Å². The molecule has 0 fully saturated rings. The molecule has 2 heterocycles. The van der Waals surface area contributed by atoms with Gasteiger partial charge in [0.1, 0.15) is 10.1 Å². The van der Waals surface area contributed by atoms with Crippen LogP contribution in [0.2, 0.25) is 0 Å². The van der Waals surface area contributed by atoms with Crippen molar-refractivity contribution in [1.82, 2.24) is 9.97 Å². The van der Waals surface area contributed by atoms with Crippen LogP contribution in [0.3, 0.4) is 0 Å². The van der Waals surface area contributed by atoms with E-state index >= 15 is 0 Å². The molecule has 0 spiro atoms. The summed E-state index contributed by atoms with van der Waals surface area (Å²) in [5.74, 6) is -1.42. The maximum atomic E-state index is 13.5. The molecule has 0 saturated carbocycles. The quantitative estimate of drug-likeness (QED) is 0.930. The molecule has 94 valence electrons. The molecule has 2 rings (SSSR count). The average Bonchev–Trinajstić information content (AvgIpc) is 2.35. The Hall–Kier alpha value is -1.21. The molecule has 0 saturated heterocycles. The Balaban J connectivity index is 2.31. The van der Waals surface area contributed by atoms with Crippen molar-refractivity contribution in [3.05, 3.63) is 40.5 Å². The summed E-state index contributed by atoms with van der Waals surface area (Å²) in [7, 11) is 1.52. The maximum absolute atomic E-state index is 13.5. The molecule has 3 nitrogen and oxygen atoms in total. The van der Waals surface area contributed by atoms with Crippen molar-refractivity contribution in [1.29, 1.82) is 0 Å². The van der Waals surface area contributed by atoms with Gasteiger partial charge >= 0.3 is 0 Å². The van der Waals surface area contributed by atoms with E-state index in [0.29, 0.717) is 5.03 Å². The highest BCUT2D eigenvalue weighted by Gasteiger charge is 2.12. The molecule has 7 heteroatoms. The van der Waals surface area contributed by atoms with Gasteiger partial charge in [0.2, 0.25) is 0 Å². The van der Waals surface area contributed by atoms with Crippen LogP contribution < -0.4 is 5.32 Å². The van der Waals surface area contributed by atoms with Crippen molar-refractivity contribution in [3.63, 3.8) is 0 Å². The minimum Gasteiger partial charge on any atom is -0.371 e. The first-order chi connectivity index (χ1) is 8.60. The van der Waals surface area contributed by atoms with Crippen molar-refractivity contribution in [2.24, 2.45) is 0 Å². The third-order valence-electron chi connectivity index (χ3n) is 2.04. The van der Waals surface area contributed by atoms with Crippen LogP contribution >= 0.6 is 27.7 Å². The van der Waals surface area contributed by atoms with Crippen molar-refractivity contribution in [2.45, 2.75) is 10.1 Å². The highest BCUT2D eigenvalue weighted by molar-refractivity contribution is 9.10. The standard InChI is InChI=1S/C11H8BrF2N3S/c1-15-10-7(13)4-8(14)11(17-10)18-9-3-2-6(12)5-16-9/h2-5H,1H3,(H,15,17). The molecule has 0 aliphatic carbocycles. The molecule has 2 aromatic rings. The molecule has 0 unspecified atom stereocenters. The highest BCUT2D eigenvalue weighted by atomic mass is 79.9. The molecular weight excluding hydrogens is 324 g/mol. The monoisotopic (exact) mass is 331 g/mol. The lowest BCUT2D eigenvalue weighted by atomic mass is 10.4. The second-order valence-electron chi connectivity index (χ2n) is 3.27. The number of pyridine rings is 2. The second-order valence-corrected chi connectivity index (χ2v) is 5.20. The van der Waals surface area contributed by atoms with Crippen LogP contribution in [0.1, 0.15) is 0 Å². The van der Waals surface area contributed by atoms with Crippen LogP contribution in [0.15, 0.2) is 38.9 Å². The number of nitrogens with one attached hydrogen (secondary N) is 1. The van der Waals surface area contributed by atoms with Gasteiger partial charge in [0.25, 0.3) is 0 Å². The number of hydrogen-bond acceptors (Lipinski definition) is 4. The summed E-state index contributed by atoms with van der Waals surface area (Å²) in [5, 5.41) is 3.22. The summed E-state index contributed by atoms with van der Waals surface area (Å²) in [6, 6.07) is 4.31. The molecule has 0 aromatic carbocycles. The van der Waals surface area contributed by atoms with Crippen LogP contribution in [0.5, 0.6) is 0 Å². The van der Waals surface area contributed by atoms with Gasteiger partial charge in [-0.2, -0.15) is 0 Å². The van der Waals surface area contributed by atoms with Gasteiger partial charge in [-0.15, -0.1) is 0 Å². The molecule has 0 aliphatic rings. The minimum absolute atomic E-state index is 0.0102. The number of hydrogen-bond donors (Lipinski definition) is 1. The normalized spacial score (nSPS) is 10.4. The lowest BCUT2D eigenvalue weighted by Crippen LogP contribution is -1.99. The number of nitrogens with zero attached hydrogens (tertiary/aromatic N) is 2. The Bertz CT molecular complexity index is 563. The fourth-order valence-electron chi connectivity index (χ4n) is 1.22. The van der Waals surface area contributed by atoms with E-state index in [1.165, 1.54) is 7.05 Å². The summed E-state index contributed by atoms with van der Waals surface area (Å²) in [6.07, 6.45) is 1.60. The van der Waals surface area contributed by atoms with Crippen molar-refractivity contribution >= 4 is 33.5 Å². The third-order valence-corrected chi connectivity index (χ3v) is 3.43.